The molecule has 3 aromatic carbocycles. The molecule has 0 aliphatic heterocycles. The van der Waals surface area contributed by atoms with Crippen LogP contribution in [0.25, 0.3) is 21.8 Å². The molecule has 0 aliphatic carbocycles. The van der Waals surface area contributed by atoms with Gasteiger partial charge in [-0.2, -0.15) is 5.10 Å². The van der Waals surface area contributed by atoms with Gasteiger partial charge in [-0.1, -0.05) is 18.2 Å². The van der Waals surface area contributed by atoms with Crippen molar-refractivity contribution in [2.24, 2.45) is 0 Å². The molecular weight excluding hydrogens is 372 g/mol. The van der Waals surface area contributed by atoms with Gasteiger partial charge in [-0.15, -0.1) is 0 Å². The Labute approximate surface area is 164 Å². The van der Waals surface area contributed by atoms with Gasteiger partial charge in [0.2, 0.25) is 0 Å². The molecule has 5 nitrogen and oxygen atoms in total. The molecule has 142 valence electrons. The lowest BCUT2D eigenvalue weighted by molar-refractivity contribution is 0.621. The van der Waals surface area contributed by atoms with E-state index in [2.05, 4.69) is 20.4 Å². The molecule has 5 rings (SSSR count). The largest absolute Gasteiger partial charge is 0.340 e. The Kier molecular flexibility index (Phi) is 4.13. The molecule has 2 aromatic heterocycles. The summed E-state index contributed by atoms with van der Waals surface area (Å²) in [5, 5.41) is 8.83. The van der Waals surface area contributed by atoms with Gasteiger partial charge >= 0.3 is 0 Å². The van der Waals surface area contributed by atoms with E-state index in [-0.39, 0.29) is 11.6 Å². The molecule has 1 N–H and O–H groups in total. The van der Waals surface area contributed by atoms with Crippen molar-refractivity contribution in [1.29, 1.82) is 0 Å². The Morgan fingerprint density at radius 3 is 2.72 bits per heavy atom. The first kappa shape index (κ1) is 17.2. The van der Waals surface area contributed by atoms with Crippen LogP contribution in [0.3, 0.4) is 0 Å². The van der Waals surface area contributed by atoms with Gasteiger partial charge in [0.1, 0.15) is 23.8 Å². The number of benzene rings is 3. The molecule has 0 fully saturated rings. The van der Waals surface area contributed by atoms with Crippen molar-refractivity contribution in [1.82, 2.24) is 19.7 Å². The average molecular weight is 387 g/mol. The fraction of sp³-hybridized carbons (Fsp3) is 0.0455. The van der Waals surface area contributed by atoms with E-state index in [1.165, 1.54) is 24.5 Å². The fourth-order valence-corrected chi connectivity index (χ4v) is 3.40. The first-order valence-corrected chi connectivity index (χ1v) is 9.04. The average Bonchev–Trinajstić information content (AvgIpc) is 3.10. The number of hydrogen-bond acceptors (Lipinski definition) is 4. The number of rotatable bonds is 4. The number of hydrogen-bond donors (Lipinski definition) is 1. The Bertz CT molecular complexity index is 1340. The molecular formula is C22H15F2N5. The van der Waals surface area contributed by atoms with Gasteiger partial charge in [0.15, 0.2) is 0 Å². The van der Waals surface area contributed by atoms with Crippen LogP contribution < -0.4 is 5.32 Å². The number of halogens is 2. The quantitative estimate of drug-likeness (QED) is 0.469. The summed E-state index contributed by atoms with van der Waals surface area (Å²) in [6, 6.07) is 16.9. The molecule has 0 saturated heterocycles. The normalized spacial score (nSPS) is 11.2. The molecule has 0 spiro atoms. The van der Waals surface area contributed by atoms with Crippen LogP contribution in [-0.2, 0) is 6.54 Å². The zero-order chi connectivity index (χ0) is 19.8. The van der Waals surface area contributed by atoms with Gasteiger partial charge in [0.25, 0.3) is 0 Å². The van der Waals surface area contributed by atoms with Crippen LogP contribution in [0, 0.1) is 11.6 Å². The van der Waals surface area contributed by atoms with Gasteiger partial charge in [-0.05, 0) is 48.0 Å². The predicted octanol–water partition coefficient (Wildman–Crippen LogP) is 5.05. The first-order valence-electron chi connectivity index (χ1n) is 9.04. The highest BCUT2D eigenvalue weighted by Crippen LogP contribution is 2.27. The molecule has 0 unspecified atom stereocenters. The zero-order valence-electron chi connectivity index (χ0n) is 15.2. The molecule has 0 radical (unpaired) electrons. The predicted molar refractivity (Wildman–Crippen MR) is 108 cm³/mol. The second-order valence-corrected chi connectivity index (χ2v) is 6.69. The first-order chi connectivity index (χ1) is 14.2. The molecule has 5 aromatic rings. The molecule has 0 saturated carbocycles. The fourth-order valence-electron chi connectivity index (χ4n) is 3.40. The van der Waals surface area contributed by atoms with Crippen molar-refractivity contribution >= 4 is 33.3 Å². The van der Waals surface area contributed by atoms with Crippen LogP contribution in [0.4, 0.5) is 20.3 Å². The Morgan fingerprint density at radius 1 is 0.931 bits per heavy atom. The summed E-state index contributed by atoms with van der Waals surface area (Å²) in [6.07, 6.45) is 3.15. The third-order valence-electron chi connectivity index (χ3n) is 4.74. The summed E-state index contributed by atoms with van der Waals surface area (Å²) in [4.78, 5) is 8.31. The Morgan fingerprint density at radius 2 is 1.83 bits per heavy atom. The van der Waals surface area contributed by atoms with E-state index >= 15 is 0 Å². The van der Waals surface area contributed by atoms with E-state index < -0.39 is 0 Å². The summed E-state index contributed by atoms with van der Waals surface area (Å²) < 4.78 is 29.5. The minimum atomic E-state index is -0.380. The summed E-state index contributed by atoms with van der Waals surface area (Å²) in [5.41, 5.74) is 3.04. The molecule has 0 atom stereocenters. The highest BCUT2D eigenvalue weighted by Gasteiger charge is 2.10. The standard InChI is InChI=1S/C22H15F2N5/c23-16-4-1-3-14(9-16)12-29-20-8-7-17(10-15(20)11-27-29)28-22-21-18(24)5-2-6-19(21)25-13-26-22/h1-11,13H,12H2,(H,25,26,28). The number of anilines is 2. The zero-order valence-corrected chi connectivity index (χ0v) is 15.2. The van der Waals surface area contributed by atoms with Crippen molar-refractivity contribution in [2.45, 2.75) is 6.54 Å². The van der Waals surface area contributed by atoms with Crippen molar-refractivity contribution in [3.8, 4) is 0 Å². The van der Waals surface area contributed by atoms with Crippen LogP contribution in [0.2, 0.25) is 0 Å². The summed E-state index contributed by atoms with van der Waals surface area (Å²) >= 11 is 0. The maximum Gasteiger partial charge on any atom is 0.144 e. The van der Waals surface area contributed by atoms with Gasteiger partial charge in [-0.3, -0.25) is 4.68 Å². The maximum atomic E-state index is 14.3. The van der Waals surface area contributed by atoms with Gasteiger partial charge < -0.3 is 5.32 Å². The Hall–Kier alpha value is -3.87. The van der Waals surface area contributed by atoms with Crippen molar-refractivity contribution < 1.29 is 8.78 Å². The number of fused-ring (bicyclic) bond motifs is 2. The van der Waals surface area contributed by atoms with Gasteiger partial charge in [0.05, 0.1) is 29.2 Å². The third-order valence-corrected chi connectivity index (χ3v) is 4.74. The number of nitrogens with one attached hydrogen (secondary N) is 1. The monoisotopic (exact) mass is 387 g/mol. The molecule has 2 heterocycles. The van der Waals surface area contributed by atoms with E-state index in [0.717, 1.165) is 22.2 Å². The molecule has 0 bridgehead atoms. The highest BCUT2D eigenvalue weighted by atomic mass is 19.1. The summed E-state index contributed by atoms with van der Waals surface area (Å²) in [5.74, 6) is -0.246. The molecule has 0 amide bonds. The summed E-state index contributed by atoms with van der Waals surface area (Å²) in [7, 11) is 0. The van der Waals surface area contributed by atoms with E-state index in [1.807, 2.05) is 28.9 Å². The van der Waals surface area contributed by atoms with Crippen LogP contribution >= 0.6 is 0 Å². The van der Waals surface area contributed by atoms with E-state index in [1.54, 1.807) is 24.4 Å². The lowest BCUT2D eigenvalue weighted by atomic mass is 10.2. The van der Waals surface area contributed by atoms with Gasteiger partial charge in [-0.25, -0.2) is 18.7 Å². The number of aromatic nitrogens is 4. The van der Waals surface area contributed by atoms with E-state index in [0.29, 0.717) is 23.3 Å². The van der Waals surface area contributed by atoms with Crippen LogP contribution in [-0.4, -0.2) is 19.7 Å². The van der Waals surface area contributed by atoms with Gasteiger partial charge in [0, 0.05) is 11.1 Å². The van der Waals surface area contributed by atoms with Crippen molar-refractivity contribution in [3.63, 3.8) is 0 Å². The second-order valence-electron chi connectivity index (χ2n) is 6.69. The lowest BCUT2D eigenvalue weighted by Gasteiger charge is -2.09. The smallest absolute Gasteiger partial charge is 0.144 e. The molecule has 7 heteroatoms. The van der Waals surface area contributed by atoms with E-state index in [9.17, 15) is 8.78 Å². The minimum Gasteiger partial charge on any atom is -0.340 e. The van der Waals surface area contributed by atoms with Crippen LogP contribution in [0.15, 0.2) is 73.2 Å². The molecule has 0 aliphatic rings. The SMILES string of the molecule is Fc1cccc(Cn2ncc3cc(Nc4ncnc5cccc(F)c45)ccc32)c1. The van der Waals surface area contributed by atoms with Crippen molar-refractivity contribution in [2.75, 3.05) is 5.32 Å². The second kappa shape index (κ2) is 6.94. The van der Waals surface area contributed by atoms with Crippen LogP contribution in [0.1, 0.15) is 5.56 Å². The van der Waals surface area contributed by atoms with Crippen LogP contribution in [0.5, 0.6) is 0 Å². The molecule has 29 heavy (non-hydrogen) atoms. The minimum absolute atomic E-state index is 0.269. The van der Waals surface area contributed by atoms with Crippen molar-refractivity contribution in [3.05, 3.63) is 90.4 Å². The maximum absolute atomic E-state index is 14.3. The highest BCUT2D eigenvalue weighted by molar-refractivity contribution is 5.92. The number of nitrogens with zero attached hydrogens (tertiary/aromatic N) is 4. The topological polar surface area (TPSA) is 55.6 Å². The lowest BCUT2D eigenvalue weighted by Crippen LogP contribution is -2.01. The summed E-state index contributed by atoms with van der Waals surface area (Å²) in [6.45, 7) is 0.468. The Balaban J connectivity index is 1.47. The third kappa shape index (κ3) is 3.27. The van der Waals surface area contributed by atoms with E-state index in [4.69, 9.17) is 0 Å².